The predicted molar refractivity (Wildman–Crippen MR) is 403 cm³/mol. The highest BCUT2D eigenvalue weighted by Gasteiger charge is 2.48. The number of primary amides is 1. The van der Waals surface area contributed by atoms with Gasteiger partial charge in [0, 0.05) is 45.4 Å². The van der Waals surface area contributed by atoms with Gasteiger partial charge in [0.05, 0.1) is 62.1 Å². The molecule has 3 saturated heterocycles. The molecule has 3 heterocycles. The third-order valence-corrected chi connectivity index (χ3v) is 19.6. The van der Waals surface area contributed by atoms with Gasteiger partial charge in [-0.05, 0) is 90.3 Å². The number of cyclic esters (lactones) is 1. The number of phenolic OH excluding ortho intramolecular Hbond substituents is 1. The molecule has 1 aromatic rings. The summed E-state index contributed by atoms with van der Waals surface area (Å²) in [7, 11) is 0. The first-order valence-corrected chi connectivity index (χ1v) is 38.9. The van der Waals surface area contributed by atoms with Crippen LogP contribution >= 0.6 is 0 Å². The van der Waals surface area contributed by atoms with Gasteiger partial charge in [-0.15, -0.1) is 0 Å². The second-order valence-corrected chi connectivity index (χ2v) is 29.8. The van der Waals surface area contributed by atoms with E-state index in [0.717, 1.165) is 90.4 Å². The first kappa shape index (κ1) is 96.1. The third-order valence-electron chi connectivity index (χ3n) is 19.6. The van der Waals surface area contributed by atoms with Crippen LogP contribution in [0.1, 0.15) is 183 Å². The van der Waals surface area contributed by atoms with Crippen molar-refractivity contribution in [3.63, 3.8) is 0 Å². The molecule has 1 aromatic carbocycles. The van der Waals surface area contributed by atoms with Gasteiger partial charge >= 0.3 is 5.97 Å². The number of phenols is 1. The minimum absolute atomic E-state index is 0.00240. The van der Waals surface area contributed by atoms with Gasteiger partial charge in [-0.25, -0.2) is 4.79 Å². The van der Waals surface area contributed by atoms with Crippen molar-refractivity contribution in [2.24, 2.45) is 17.4 Å². The van der Waals surface area contributed by atoms with Gasteiger partial charge in [0.25, 0.3) is 0 Å². The lowest BCUT2D eigenvalue weighted by Gasteiger charge is -2.34. The molecule has 3 fully saturated rings. The Morgan fingerprint density at radius 2 is 1.08 bits per heavy atom. The summed E-state index contributed by atoms with van der Waals surface area (Å²) in [5.41, 5.74) is 11.3. The van der Waals surface area contributed by atoms with Gasteiger partial charge in [0.2, 0.25) is 82.7 Å². The second kappa shape index (κ2) is 48.1. The number of hydrogen-bond donors (Lipinski definition) is 21. The van der Waals surface area contributed by atoms with E-state index in [9.17, 15) is 113 Å². The van der Waals surface area contributed by atoms with Crippen LogP contribution in [0.5, 0.6) is 5.75 Å². The van der Waals surface area contributed by atoms with Gasteiger partial charge in [-0.3, -0.25) is 67.1 Å². The summed E-state index contributed by atoms with van der Waals surface area (Å²) in [5, 5.41) is 114. The molecule has 3 aliphatic rings. The lowest BCUT2D eigenvalue weighted by molar-refractivity contribution is -0.155. The number of nitrogens with zero attached hydrogens (tertiary/aromatic N) is 2. The number of nitrogens with one attached hydrogen (secondary N) is 11. The highest BCUT2D eigenvalue weighted by atomic mass is 16.5. The van der Waals surface area contributed by atoms with Crippen LogP contribution in [0, 0.1) is 5.92 Å². The molecule has 14 amide bonds. The van der Waals surface area contributed by atoms with Crippen LogP contribution < -0.4 is 70.0 Å². The number of aliphatic hydroxyl groups excluding tert-OH is 7. The Morgan fingerprint density at radius 1 is 0.566 bits per heavy atom. The normalized spacial score (nSPS) is 27.4. The average Bonchev–Trinajstić information content (AvgIpc) is 1.70. The van der Waals surface area contributed by atoms with Crippen LogP contribution in [0.2, 0.25) is 0 Å². The zero-order chi connectivity index (χ0) is 84.5. The number of nitrogens with two attached hydrogens (primary N) is 2. The number of aromatic hydroxyl groups is 1. The molecule has 4 rings (SSSR count). The molecule has 0 unspecified atom stereocenters. The minimum Gasteiger partial charge on any atom is -0.508 e. The van der Waals surface area contributed by atoms with Crippen molar-refractivity contribution >= 4 is 88.7 Å². The molecule has 0 spiro atoms. The van der Waals surface area contributed by atoms with E-state index >= 15 is 0 Å². The van der Waals surface area contributed by atoms with E-state index in [1.54, 1.807) is 0 Å². The lowest BCUT2D eigenvalue weighted by Crippen LogP contribution is -2.64. The van der Waals surface area contributed by atoms with Crippen molar-refractivity contribution in [1.82, 2.24) is 68.3 Å². The fourth-order valence-electron chi connectivity index (χ4n) is 13.2. The van der Waals surface area contributed by atoms with Gasteiger partial charge in [-0.2, -0.15) is 0 Å². The van der Waals surface area contributed by atoms with Crippen molar-refractivity contribution in [3.05, 3.63) is 29.8 Å². The summed E-state index contributed by atoms with van der Waals surface area (Å²) >= 11 is 0. The highest BCUT2D eigenvalue weighted by molar-refractivity contribution is 6.00. The number of unbranched alkanes of at least 4 members (excludes halogenated alkanes) is 10. The quantitative estimate of drug-likeness (QED) is 0.0274. The van der Waals surface area contributed by atoms with E-state index in [2.05, 4.69) is 65.4 Å². The summed E-state index contributed by atoms with van der Waals surface area (Å²) in [6, 6.07) is -14.7. The van der Waals surface area contributed by atoms with Crippen LogP contribution in [0.4, 0.5) is 0 Å². The Labute approximate surface area is 656 Å². The molecular formula is C74H121N15O24. The maximum absolute atomic E-state index is 14.8. The Morgan fingerprint density at radius 3 is 1.65 bits per heavy atom. The van der Waals surface area contributed by atoms with Crippen LogP contribution in [-0.4, -0.2) is 287 Å². The minimum atomic E-state index is -2.24. The molecule has 0 aliphatic carbocycles. The number of carbonyl (C=O) groups excluding carboxylic acids is 15. The fourth-order valence-corrected chi connectivity index (χ4v) is 13.2. The number of amides is 14. The molecular weight excluding hydrogens is 1480 g/mol. The van der Waals surface area contributed by atoms with E-state index in [-0.39, 0.29) is 57.4 Å². The highest BCUT2D eigenvalue weighted by Crippen LogP contribution is 2.25. The van der Waals surface area contributed by atoms with Gasteiger partial charge in [0.1, 0.15) is 78.3 Å². The van der Waals surface area contributed by atoms with Crippen LogP contribution in [0.15, 0.2) is 24.3 Å². The smallest absolute Gasteiger partial charge is 0.328 e. The topological polar surface area (TPSA) is 618 Å². The fraction of sp³-hybridized carbons (Fsp3) is 0.716. The predicted octanol–water partition coefficient (Wildman–Crippen LogP) is -5.97. The van der Waals surface area contributed by atoms with Gasteiger partial charge in [0.15, 0.2) is 0 Å². The number of aliphatic hydroxyl groups is 7. The summed E-state index contributed by atoms with van der Waals surface area (Å²) in [4.78, 5) is 212. The monoisotopic (exact) mass is 1600 g/mol. The zero-order valence-electron chi connectivity index (χ0n) is 65.7. The Kier molecular flexibility index (Phi) is 40.9. The molecule has 3 aliphatic heterocycles. The van der Waals surface area contributed by atoms with Crippen LogP contribution in [0.25, 0.3) is 0 Å². The maximum atomic E-state index is 14.8. The lowest BCUT2D eigenvalue weighted by atomic mass is 9.99. The van der Waals surface area contributed by atoms with E-state index in [1.807, 2.05) is 0 Å². The molecule has 19 atom stereocenters. The van der Waals surface area contributed by atoms with Crippen LogP contribution in [-0.2, 0) is 83.1 Å². The number of carbonyl (C=O) groups is 15. The van der Waals surface area contributed by atoms with Gasteiger partial charge in [-0.1, -0.05) is 97.1 Å². The maximum Gasteiger partial charge on any atom is 0.328 e. The summed E-state index contributed by atoms with van der Waals surface area (Å²) < 4.78 is 6.00. The first-order chi connectivity index (χ1) is 53.3. The summed E-state index contributed by atoms with van der Waals surface area (Å²) in [5.74, 6) is -17.9. The number of esters is 1. The van der Waals surface area contributed by atoms with Crippen LogP contribution in [0.3, 0.4) is 0 Å². The average molecular weight is 1600 g/mol. The standard InChI is InChI=1S/C74H121N15O24/c1-9-10-11-12-13-14-15-16-17-18-19-21-47-34-55(100)82-58(40(5)90)68(106)79-39(4)64(102)81-49(32-44-23-25-45(94)26-24-44)65(103)84-57(38(2)3)72(110)89-37-46(95)33-50(89)66(104)85-60(42(7)92)70(108)86-61(43(8)93)73(111)88-31-28-51(96)63(88)71(109)87-62(52(97)35-53(76)98)67(105)78-36-56(101)83-59(41(6)91)69(107)80-48(74(112)113-47)22-20-30-77-54(99)27-29-75/h23-26,38-43,46-52,57-63,90-97H,9-22,27-37,75H2,1-8H3,(H2,76,98)(H,77,99)(H,78,105)(H,79,106)(H,80,107)(H,81,102)(H,82,100)(H,83,101)(H,84,103)(H,85,104)(H,86,108)(H,87,109)/t39-,40-,41-,42-,43-,46-,47-,48+,49+,50+,51+,52-,57+,58-,59-,60-,61+,62+,63+/m1/s1. The number of fused-ring (bicyclic) bond motifs is 2. The van der Waals surface area contributed by atoms with E-state index < -0.39 is 249 Å². The Balaban J connectivity index is 1.83. The molecule has 0 bridgehead atoms. The van der Waals surface area contributed by atoms with Gasteiger partial charge < -0.3 is 125 Å². The van der Waals surface area contributed by atoms with Crippen molar-refractivity contribution in [1.29, 1.82) is 0 Å². The largest absolute Gasteiger partial charge is 0.508 e. The number of ether oxygens (including phenoxy) is 1. The Bertz CT molecular complexity index is 3370. The Hall–Kier alpha value is -9.25. The molecule has 113 heavy (non-hydrogen) atoms. The molecule has 636 valence electrons. The summed E-state index contributed by atoms with van der Waals surface area (Å²) in [6.45, 7) is 8.51. The third kappa shape index (κ3) is 31.6. The number of rotatable bonds is 28. The first-order valence-electron chi connectivity index (χ1n) is 38.9. The van der Waals surface area contributed by atoms with E-state index in [1.165, 1.54) is 45.0 Å². The second-order valence-electron chi connectivity index (χ2n) is 29.8. The van der Waals surface area contributed by atoms with Crippen molar-refractivity contribution < 1.29 is 118 Å². The zero-order valence-corrected chi connectivity index (χ0v) is 65.7. The van der Waals surface area contributed by atoms with Crippen molar-refractivity contribution in [2.75, 3.05) is 32.7 Å². The van der Waals surface area contributed by atoms with Crippen molar-refractivity contribution in [2.45, 2.75) is 299 Å². The molecule has 23 N–H and O–H groups in total. The SMILES string of the molecule is CCCCCCCCCCCCC[C@@H]1CC(=O)N[C@H]([C@@H](C)O)C(=O)N[C@H](C)C(=O)N[C@@H](Cc2ccc(O)cc2)C(=O)N[C@@H](C(C)C)C(=O)N2C[C@H](O)C[C@H]2C(=O)N[C@H]([C@@H](C)O)C(=O)N[C@@H]([C@@H](C)O)C(=O)N2CC[C@H](O)[C@H]2C(=O)N[C@@H]([C@H](O)CC(N)=O)C(=O)NCC(=O)N[C@H]([C@@H](C)O)C(=O)N[C@@H](CCCNC(=O)CCN)C(=O)O1. The molecule has 39 heteroatoms. The summed E-state index contributed by atoms with van der Waals surface area (Å²) in [6.07, 6.45) is -6.83. The number of hydrogen-bond acceptors (Lipinski definition) is 25. The van der Waals surface area contributed by atoms with E-state index in [0.29, 0.717) is 23.3 Å². The van der Waals surface area contributed by atoms with Crippen molar-refractivity contribution in [3.8, 4) is 5.75 Å². The molecule has 0 aromatic heterocycles. The molecule has 0 saturated carbocycles. The molecule has 39 nitrogen and oxygen atoms in total. The number of benzene rings is 1. The van der Waals surface area contributed by atoms with E-state index in [4.69, 9.17) is 16.2 Å². The molecule has 0 radical (unpaired) electrons.